The second kappa shape index (κ2) is 5.14. The Bertz CT molecular complexity index is 399. The molecule has 0 aliphatic heterocycles. The second-order valence-electron chi connectivity index (χ2n) is 4.61. The molecule has 0 radical (unpaired) electrons. The number of amides is 1. The number of nitrogen functional groups attached to an aromatic ring is 1. The fourth-order valence-electron chi connectivity index (χ4n) is 1.52. The van der Waals surface area contributed by atoms with Crippen molar-refractivity contribution < 1.29 is 9.90 Å². The van der Waals surface area contributed by atoms with Crippen LogP contribution in [-0.4, -0.2) is 39.6 Å². The van der Waals surface area contributed by atoms with Crippen molar-refractivity contribution in [2.75, 3.05) is 18.8 Å². The molecule has 0 unspecified atom stereocenters. The van der Waals surface area contributed by atoms with Crippen molar-refractivity contribution in [2.24, 2.45) is 0 Å². The van der Waals surface area contributed by atoms with Gasteiger partial charge in [-0.3, -0.25) is 9.78 Å². The Kier molecular flexibility index (Phi) is 4.07. The van der Waals surface area contributed by atoms with Crippen LogP contribution in [0.2, 0.25) is 0 Å². The van der Waals surface area contributed by atoms with Crippen molar-refractivity contribution in [1.82, 2.24) is 9.88 Å². The number of carbonyl (C=O) groups is 1. The molecule has 0 spiro atoms. The average Bonchev–Trinajstić information content (AvgIpc) is 2.23. The van der Waals surface area contributed by atoms with Gasteiger partial charge in [0.15, 0.2) is 0 Å². The number of anilines is 1. The van der Waals surface area contributed by atoms with Gasteiger partial charge in [0, 0.05) is 25.0 Å². The first-order valence-electron chi connectivity index (χ1n) is 5.56. The number of likely N-dealkylation sites (N-methyl/N-ethyl adjacent to an activating group) is 1. The molecule has 0 aliphatic carbocycles. The molecule has 0 aromatic carbocycles. The van der Waals surface area contributed by atoms with E-state index in [1.165, 1.54) is 12.3 Å². The predicted molar refractivity (Wildman–Crippen MR) is 66.5 cm³/mol. The zero-order valence-corrected chi connectivity index (χ0v) is 10.5. The Morgan fingerprint density at radius 1 is 1.59 bits per heavy atom. The van der Waals surface area contributed by atoms with Gasteiger partial charge >= 0.3 is 0 Å². The number of rotatable bonds is 4. The smallest absolute Gasteiger partial charge is 0.272 e. The number of hydrogen-bond donors (Lipinski definition) is 2. The van der Waals surface area contributed by atoms with E-state index in [4.69, 9.17) is 5.73 Å². The van der Waals surface area contributed by atoms with Gasteiger partial charge in [0.25, 0.3) is 5.91 Å². The summed E-state index contributed by atoms with van der Waals surface area (Å²) in [7, 11) is 0. The summed E-state index contributed by atoms with van der Waals surface area (Å²) in [4.78, 5) is 17.6. The van der Waals surface area contributed by atoms with E-state index in [9.17, 15) is 9.90 Å². The summed E-state index contributed by atoms with van der Waals surface area (Å²) < 4.78 is 0. The summed E-state index contributed by atoms with van der Waals surface area (Å²) in [6.45, 7) is 5.96. The van der Waals surface area contributed by atoms with Crippen molar-refractivity contribution in [3.63, 3.8) is 0 Å². The highest BCUT2D eigenvalue weighted by Gasteiger charge is 2.22. The summed E-state index contributed by atoms with van der Waals surface area (Å²) >= 11 is 0. The van der Waals surface area contributed by atoms with Gasteiger partial charge < -0.3 is 15.7 Å². The number of carbonyl (C=O) groups excluding carboxylic acids is 1. The van der Waals surface area contributed by atoms with Crippen LogP contribution in [0.4, 0.5) is 5.69 Å². The summed E-state index contributed by atoms with van der Waals surface area (Å²) in [5.41, 5.74) is 5.48. The van der Waals surface area contributed by atoms with E-state index in [1.807, 2.05) is 6.92 Å². The molecular formula is C12H19N3O2. The molecular weight excluding hydrogens is 218 g/mol. The Morgan fingerprint density at radius 2 is 2.24 bits per heavy atom. The first kappa shape index (κ1) is 13.4. The van der Waals surface area contributed by atoms with E-state index in [0.717, 1.165) is 0 Å². The van der Waals surface area contributed by atoms with Gasteiger partial charge in [-0.1, -0.05) is 0 Å². The highest BCUT2D eigenvalue weighted by Crippen LogP contribution is 2.10. The zero-order valence-electron chi connectivity index (χ0n) is 10.5. The average molecular weight is 237 g/mol. The molecule has 0 fully saturated rings. The number of aliphatic hydroxyl groups is 1. The highest BCUT2D eigenvalue weighted by atomic mass is 16.3. The molecule has 94 valence electrons. The van der Waals surface area contributed by atoms with Crippen LogP contribution in [0.25, 0.3) is 0 Å². The summed E-state index contributed by atoms with van der Waals surface area (Å²) in [5.74, 6) is -0.220. The van der Waals surface area contributed by atoms with Crippen LogP contribution in [0.5, 0.6) is 0 Å². The summed E-state index contributed by atoms with van der Waals surface area (Å²) in [5, 5.41) is 9.73. The maximum atomic E-state index is 12.1. The molecule has 17 heavy (non-hydrogen) atoms. The largest absolute Gasteiger partial charge is 0.399 e. The lowest BCUT2D eigenvalue weighted by Gasteiger charge is -2.27. The van der Waals surface area contributed by atoms with Crippen LogP contribution in [-0.2, 0) is 0 Å². The number of nitrogens with two attached hydrogens (primary N) is 1. The minimum Gasteiger partial charge on any atom is -0.399 e. The molecule has 0 saturated carbocycles. The fraction of sp³-hybridized carbons (Fsp3) is 0.500. The van der Waals surface area contributed by atoms with Gasteiger partial charge in [-0.05, 0) is 32.9 Å². The van der Waals surface area contributed by atoms with Crippen LogP contribution in [0.15, 0.2) is 18.3 Å². The van der Waals surface area contributed by atoms with Gasteiger partial charge in [0.05, 0.1) is 5.60 Å². The molecule has 0 saturated heterocycles. The molecule has 1 rings (SSSR count). The van der Waals surface area contributed by atoms with Crippen LogP contribution >= 0.6 is 0 Å². The van der Waals surface area contributed by atoms with Crippen molar-refractivity contribution in [3.8, 4) is 0 Å². The standard InChI is InChI=1S/C12H19N3O2/c1-4-15(8-12(2,3)17)11(16)10-7-9(13)5-6-14-10/h5-7,17H,4,8H2,1-3H3,(H2,13,14). The van der Waals surface area contributed by atoms with Crippen molar-refractivity contribution in [2.45, 2.75) is 26.4 Å². The van der Waals surface area contributed by atoms with E-state index < -0.39 is 5.60 Å². The Labute approximate surface area is 101 Å². The first-order valence-corrected chi connectivity index (χ1v) is 5.56. The quantitative estimate of drug-likeness (QED) is 0.815. The third kappa shape index (κ3) is 4.03. The van der Waals surface area contributed by atoms with E-state index in [2.05, 4.69) is 4.98 Å². The maximum Gasteiger partial charge on any atom is 0.272 e. The topological polar surface area (TPSA) is 79.5 Å². The van der Waals surface area contributed by atoms with Gasteiger partial charge in [0.1, 0.15) is 5.69 Å². The number of nitrogens with zero attached hydrogens (tertiary/aromatic N) is 2. The minimum absolute atomic E-state index is 0.220. The lowest BCUT2D eigenvalue weighted by molar-refractivity contribution is 0.0311. The normalized spacial score (nSPS) is 11.3. The molecule has 5 heteroatoms. The van der Waals surface area contributed by atoms with E-state index >= 15 is 0 Å². The molecule has 5 nitrogen and oxygen atoms in total. The number of pyridine rings is 1. The number of hydrogen-bond acceptors (Lipinski definition) is 4. The molecule has 0 bridgehead atoms. The molecule has 0 aliphatic rings. The van der Waals surface area contributed by atoms with Crippen LogP contribution in [0.3, 0.4) is 0 Å². The Balaban J connectivity index is 2.87. The molecule has 1 aromatic rings. The molecule has 1 heterocycles. The van der Waals surface area contributed by atoms with Gasteiger partial charge in [0.2, 0.25) is 0 Å². The second-order valence-corrected chi connectivity index (χ2v) is 4.61. The molecule has 1 amide bonds. The highest BCUT2D eigenvalue weighted by molar-refractivity contribution is 5.93. The Morgan fingerprint density at radius 3 is 2.71 bits per heavy atom. The van der Waals surface area contributed by atoms with E-state index in [1.54, 1.807) is 24.8 Å². The maximum absolute atomic E-state index is 12.1. The molecule has 0 atom stereocenters. The summed E-state index contributed by atoms with van der Waals surface area (Å²) in [6, 6.07) is 3.17. The summed E-state index contributed by atoms with van der Waals surface area (Å²) in [6.07, 6.45) is 1.50. The van der Waals surface area contributed by atoms with Crippen LogP contribution in [0, 0.1) is 0 Å². The lowest BCUT2D eigenvalue weighted by Crippen LogP contribution is -2.42. The lowest BCUT2D eigenvalue weighted by atomic mass is 10.1. The third-order valence-electron chi connectivity index (χ3n) is 2.25. The SMILES string of the molecule is CCN(CC(C)(C)O)C(=O)c1cc(N)ccn1. The first-order chi connectivity index (χ1) is 7.83. The zero-order chi connectivity index (χ0) is 13.1. The van der Waals surface area contributed by atoms with Crippen LogP contribution < -0.4 is 5.73 Å². The van der Waals surface area contributed by atoms with Crippen molar-refractivity contribution in [1.29, 1.82) is 0 Å². The van der Waals surface area contributed by atoms with E-state index in [-0.39, 0.29) is 12.5 Å². The molecule has 3 N–H and O–H groups in total. The van der Waals surface area contributed by atoms with Crippen molar-refractivity contribution >= 4 is 11.6 Å². The fourth-order valence-corrected chi connectivity index (χ4v) is 1.52. The Hall–Kier alpha value is -1.62. The van der Waals surface area contributed by atoms with Crippen molar-refractivity contribution in [3.05, 3.63) is 24.0 Å². The van der Waals surface area contributed by atoms with Crippen LogP contribution in [0.1, 0.15) is 31.3 Å². The van der Waals surface area contributed by atoms with Gasteiger partial charge in [-0.15, -0.1) is 0 Å². The predicted octanol–water partition coefficient (Wildman–Crippen LogP) is 0.897. The number of aromatic nitrogens is 1. The monoisotopic (exact) mass is 237 g/mol. The van der Waals surface area contributed by atoms with Gasteiger partial charge in [-0.25, -0.2) is 0 Å². The van der Waals surface area contributed by atoms with E-state index in [0.29, 0.717) is 17.9 Å². The molecule has 1 aromatic heterocycles. The minimum atomic E-state index is -0.925. The van der Waals surface area contributed by atoms with Gasteiger partial charge in [-0.2, -0.15) is 0 Å². The third-order valence-corrected chi connectivity index (χ3v) is 2.25.